The molecule has 0 radical (unpaired) electrons. The van der Waals surface area contributed by atoms with Crippen LogP contribution in [0, 0.1) is 0 Å². The first-order valence-corrected chi connectivity index (χ1v) is 5.89. The third-order valence-electron chi connectivity index (χ3n) is 2.17. The van der Waals surface area contributed by atoms with Gasteiger partial charge >= 0.3 is 5.97 Å². The van der Waals surface area contributed by atoms with E-state index in [1.54, 1.807) is 42.5 Å². The topological polar surface area (TPSA) is 37.3 Å². The molecule has 0 saturated heterocycles. The summed E-state index contributed by atoms with van der Waals surface area (Å²) in [5, 5.41) is 9.10. The molecule has 0 bridgehead atoms. The quantitative estimate of drug-likeness (QED) is 0.836. The summed E-state index contributed by atoms with van der Waals surface area (Å²) in [5.41, 5.74) is -1.04. The first-order valence-electron chi connectivity index (χ1n) is 6.07. The number of carboxylic acids is 1. The lowest BCUT2D eigenvalue weighted by atomic mass is 10.2. The van der Waals surface area contributed by atoms with Gasteiger partial charge in [-0.05, 0) is 17.7 Å². The maximum atomic E-state index is 11.1. The Morgan fingerprint density at radius 2 is 1.76 bits per heavy atom. The van der Waals surface area contributed by atoms with Gasteiger partial charge in [-0.3, -0.25) is 0 Å². The number of carbonyl (C=O) groups is 1. The molecule has 0 amide bonds. The summed E-state index contributed by atoms with van der Waals surface area (Å²) in [7, 11) is 0. The van der Waals surface area contributed by atoms with Gasteiger partial charge in [-0.2, -0.15) is 0 Å². The highest BCUT2D eigenvalue weighted by Crippen LogP contribution is 2.26. The number of hydrogen-bond acceptors (Lipinski definition) is 2. The summed E-state index contributed by atoms with van der Waals surface area (Å²) < 4.78 is 16.2. The number of aromatic carboxylic acids is 1. The fourth-order valence-electron chi connectivity index (χ4n) is 1.35. The summed E-state index contributed by atoms with van der Waals surface area (Å²) in [6.45, 7) is 0. The zero-order valence-electron chi connectivity index (χ0n) is 11.0. The highest BCUT2D eigenvalue weighted by Gasteiger charge is 2.08. The van der Waals surface area contributed by atoms with Gasteiger partial charge < -0.3 is 5.11 Å². The van der Waals surface area contributed by atoms with Gasteiger partial charge in [0.25, 0.3) is 0 Å². The van der Waals surface area contributed by atoms with Crippen molar-refractivity contribution in [1.29, 1.82) is 0 Å². The van der Waals surface area contributed by atoms with Gasteiger partial charge in [-0.1, -0.05) is 42.5 Å². The van der Waals surface area contributed by atoms with E-state index in [1.165, 1.54) is 6.07 Å². The van der Waals surface area contributed by atoms with E-state index < -0.39 is 11.7 Å². The zero-order valence-corrected chi connectivity index (χ0v) is 9.78. The second-order valence-corrected chi connectivity index (χ2v) is 4.22. The third-order valence-corrected chi connectivity index (χ3v) is 3.08. The molecule has 0 unspecified atom stereocenters. The number of benzene rings is 2. The molecule has 0 saturated carbocycles. The van der Waals surface area contributed by atoms with Crippen LogP contribution in [0.3, 0.4) is 0 Å². The molecule has 1 N–H and O–H groups in total. The summed E-state index contributed by atoms with van der Waals surface area (Å²) in [5.74, 6) is -1.05. The lowest BCUT2D eigenvalue weighted by molar-refractivity contribution is 0.0693. The maximum Gasteiger partial charge on any atom is 0.336 e. The fraction of sp³-hybridized carbons (Fsp3) is 0.0714. The Bertz CT molecular complexity index is 585. The zero-order chi connectivity index (χ0) is 13.9. The van der Waals surface area contributed by atoms with Gasteiger partial charge in [0.2, 0.25) is 0 Å². The lowest BCUT2D eigenvalue weighted by Crippen LogP contribution is -1.98. The summed E-state index contributed by atoms with van der Waals surface area (Å²) in [6, 6.07) is 15.2. The molecule has 0 heterocycles. The Labute approximate surface area is 107 Å². The van der Waals surface area contributed by atoms with Crippen LogP contribution in [-0.2, 0) is 5.70 Å². The van der Waals surface area contributed by atoms with Crippen LogP contribution in [0.5, 0.6) is 0 Å². The minimum Gasteiger partial charge on any atom is -0.478 e. The minimum absolute atomic E-state index is 0.118. The van der Waals surface area contributed by atoms with Gasteiger partial charge in [-0.15, -0.1) is 11.8 Å². The average Bonchev–Trinajstić information content (AvgIpc) is 2.39. The van der Waals surface area contributed by atoms with Gasteiger partial charge in [0.05, 0.1) is 5.56 Å². The van der Waals surface area contributed by atoms with Crippen LogP contribution >= 0.6 is 11.8 Å². The Morgan fingerprint density at radius 1 is 1.12 bits per heavy atom. The Balaban J connectivity index is 2.33. The van der Waals surface area contributed by atoms with Crippen molar-refractivity contribution in [2.75, 3.05) is 0 Å². The maximum absolute atomic E-state index is 11.1. The Morgan fingerprint density at radius 3 is 2.47 bits per heavy atom. The van der Waals surface area contributed by atoms with Crippen LogP contribution in [0.15, 0.2) is 59.5 Å². The summed E-state index contributed by atoms with van der Waals surface area (Å²) in [6.07, 6.45) is 0. The fourth-order valence-corrected chi connectivity index (χ4v) is 2.13. The van der Waals surface area contributed by atoms with E-state index in [2.05, 4.69) is 0 Å². The van der Waals surface area contributed by atoms with E-state index in [0.717, 1.165) is 11.8 Å². The SMILES string of the molecule is [2H]C([2H])(Sc1ccccc1C(=O)O)c1ccccc1. The van der Waals surface area contributed by atoms with Crippen molar-refractivity contribution >= 4 is 17.7 Å². The predicted octanol–water partition coefficient (Wildman–Crippen LogP) is 3.68. The molecular formula is C14H12O2S. The molecule has 17 heavy (non-hydrogen) atoms. The number of hydrogen-bond donors (Lipinski definition) is 1. The summed E-state index contributed by atoms with van der Waals surface area (Å²) >= 11 is 0.906. The Kier molecular flexibility index (Phi) is 3.04. The second kappa shape index (κ2) is 5.55. The highest BCUT2D eigenvalue weighted by atomic mass is 32.2. The standard InChI is InChI=1S/C14H12O2S/c15-14(16)12-8-4-5-9-13(12)17-10-11-6-2-1-3-7-11/h1-9H,10H2,(H,15,16)/i10D2. The lowest BCUT2D eigenvalue weighted by Gasteiger charge is -2.05. The molecule has 0 aliphatic carbocycles. The van der Waals surface area contributed by atoms with Crippen molar-refractivity contribution in [1.82, 2.24) is 0 Å². The van der Waals surface area contributed by atoms with E-state index in [1.807, 2.05) is 6.07 Å². The molecule has 0 aromatic heterocycles. The molecule has 86 valence electrons. The molecule has 0 spiro atoms. The average molecular weight is 246 g/mol. The molecule has 0 atom stereocenters. The van der Waals surface area contributed by atoms with Crippen LogP contribution < -0.4 is 0 Å². The summed E-state index contributed by atoms with van der Waals surface area (Å²) in [4.78, 5) is 11.5. The van der Waals surface area contributed by atoms with Crippen molar-refractivity contribution in [3.63, 3.8) is 0 Å². The molecule has 2 rings (SSSR count). The van der Waals surface area contributed by atoms with E-state index in [9.17, 15) is 4.79 Å². The Hall–Kier alpha value is -1.74. The molecule has 2 nitrogen and oxygen atoms in total. The molecule has 2 aromatic rings. The van der Waals surface area contributed by atoms with Gasteiger partial charge in [0.15, 0.2) is 0 Å². The minimum atomic E-state index is -1.67. The molecule has 0 fully saturated rings. The van der Waals surface area contributed by atoms with E-state index >= 15 is 0 Å². The molecule has 3 heteroatoms. The largest absolute Gasteiger partial charge is 0.478 e. The predicted molar refractivity (Wildman–Crippen MR) is 69.4 cm³/mol. The molecule has 2 aromatic carbocycles. The normalized spacial score (nSPS) is 12.7. The van der Waals surface area contributed by atoms with E-state index in [0.29, 0.717) is 10.5 Å². The van der Waals surface area contributed by atoms with Crippen molar-refractivity contribution in [3.05, 3.63) is 65.7 Å². The van der Waals surface area contributed by atoms with Crippen molar-refractivity contribution < 1.29 is 12.6 Å². The van der Waals surface area contributed by atoms with Crippen LogP contribution in [0.1, 0.15) is 18.7 Å². The van der Waals surface area contributed by atoms with Crippen LogP contribution in [-0.4, -0.2) is 11.1 Å². The number of rotatable bonds is 4. The van der Waals surface area contributed by atoms with Crippen molar-refractivity contribution in [2.45, 2.75) is 10.6 Å². The number of thioether (sulfide) groups is 1. The monoisotopic (exact) mass is 246 g/mol. The smallest absolute Gasteiger partial charge is 0.336 e. The number of carboxylic acid groups (broad SMARTS) is 1. The van der Waals surface area contributed by atoms with Crippen molar-refractivity contribution in [3.8, 4) is 0 Å². The molecule has 0 aliphatic heterocycles. The third kappa shape index (κ3) is 3.11. The molecular weight excluding hydrogens is 232 g/mol. The van der Waals surface area contributed by atoms with Gasteiger partial charge in [0, 0.05) is 13.3 Å². The van der Waals surface area contributed by atoms with Crippen molar-refractivity contribution in [2.24, 2.45) is 0 Å². The molecule has 0 aliphatic rings. The van der Waals surface area contributed by atoms with Gasteiger partial charge in [0.1, 0.15) is 0 Å². The first-order chi connectivity index (χ1) is 9.00. The van der Waals surface area contributed by atoms with Gasteiger partial charge in [-0.25, -0.2) is 4.79 Å². The highest BCUT2D eigenvalue weighted by molar-refractivity contribution is 7.98. The van der Waals surface area contributed by atoms with E-state index in [4.69, 9.17) is 7.85 Å². The second-order valence-electron chi connectivity index (χ2n) is 3.37. The van der Waals surface area contributed by atoms with Crippen LogP contribution in [0.25, 0.3) is 0 Å². The van der Waals surface area contributed by atoms with Crippen LogP contribution in [0.4, 0.5) is 0 Å². The van der Waals surface area contributed by atoms with E-state index in [-0.39, 0.29) is 5.56 Å². The van der Waals surface area contributed by atoms with Crippen LogP contribution in [0.2, 0.25) is 0 Å². The first kappa shape index (κ1) is 9.31.